The molecule has 0 unspecified atom stereocenters. The highest BCUT2D eigenvalue weighted by molar-refractivity contribution is 6.01. The maximum Gasteiger partial charge on any atom is 0.286 e. The zero-order valence-electron chi connectivity index (χ0n) is 13.1. The molecule has 0 spiro atoms. The Balaban J connectivity index is 2.14. The number of hydrogen-bond acceptors (Lipinski definition) is 6. The third-order valence-electron chi connectivity index (χ3n) is 3.32. The first-order valence-corrected chi connectivity index (χ1v) is 6.88. The van der Waals surface area contributed by atoms with Crippen molar-refractivity contribution in [3.63, 3.8) is 0 Å². The van der Waals surface area contributed by atoms with E-state index in [1.165, 1.54) is 6.07 Å². The Labute approximate surface area is 133 Å². The van der Waals surface area contributed by atoms with Crippen LogP contribution in [0.1, 0.15) is 23.6 Å². The molecular weight excluding hydrogens is 300 g/mol. The van der Waals surface area contributed by atoms with Gasteiger partial charge in [0.15, 0.2) is 0 Å². The molecule has 122 valence electrons. The second kappa shape index (κ2) is 6.87. The van der Waals surface area contributed by atoms with Gasteiger partial charge < -0.3 is 19.9 Å². The molecule has 0 radical (unpaired) electrons. The molecule has 0 fully saturated rings. The summed E-state index contributed by atoms with van der Waals surface area (Å²) in [5.74, 6) is 0.184. The highest BCUT2D eigenvalue weighted by Gasteiger charge is 2.15. The van der Waals surface area contributed by atoms with Gasteiger partial charge in [-0.15, -0.1) is 4.73 Å². The highest BCUT2D eigenvalue weighted by atomic mass is 16.6. The number of ether oxygens (including phenoxy) is 1. The number of methoxy groups -OCH3 is 1. The van der Waals surface area contributed by atoms with Gasteiger partial charge in [-0.05, 0) is 37.1 Å². The minimum atomic E-state index is -0.712. The van der Waals surface area contributed by atoms with Crippen molar-refractivity contribution in [3.05, 3.63) is 57.4 Å². The fourth-order valence-electron chi connectivity index (χ4n) is 2.12. The minimum absolute atomic E-state index is 0.171. The van der Waals surface area contributed by atoms with Gasteiger partial charge in [-0.25, -0.2) is 0 Å². The Bertz CT molecular complexity index is 778. The lowest BCUT2D eigenvalue weighted by Crippen LogP contribution is -2.20. The molecule has 0 saturated heterocycles. The zero-order valence-corrected chi connectivity index (χ0v) is 13.1. The molecule has 1 aromatic heterocycles. The van der Waals surface area contributed by atoms with Gasteiger partial charge in [0.1, 0.15) is 12.4 Å². The van der Waals surface area contributed by atoms with Crippen molar-refractivity contribution in [1.82, 2.24) is 4.73 Å². The Morgan fingerprint density at radius 2 is 1.96 bits per heavy atom. The van der Waals surface area contributed by atoms with Crippen LogP contribution in [0, 0.1) is 6.92 Å². The van der Waals surface area contributed by atoms with Gasteiger partial charge in [0.05, 0.1) is 18.4 Å². The lowest BCUT2D eigenvalue weighted by molar-refractivity contribution is 0.129. The van der Waals surface area contributed by atoms with E-state index in [1.807, 2.05) is 24.3 Å². The summed E-state index contributed by atoms with van der Waals surface area (Å²) in [6, 6.07) is 8.53. The number of aromatic hydroxyl groups is 1. The number of pyridine rings is 1. The van der Waals surface area contributed by atoms with Crippen LogP contribution in [0.15, 0.2) is 40.3 Å². The molecule has 23 heavy (non-hydrogen) atoms. The van der Waals surface area contributed by atoms with Crippen LogP contribution < -0.4 is 10.3 Å². The standard InChI is InChI=1S/C16H18N2O5/c1-10-8-14(19)18(21)16(20)15(10)11(2)17-23-9-12-4-6-13(22-3)7-5-12/h4-8,20-21H,9H2,1-3H3. The zero-order chi connectivity index (χ0) is 17.0. The average molecular weight is 318 g/mol. The molecule has 7 heteroatoms. The van der Waals surface area contributed by atoms with E-state index in [1.54, 1.807) is 21.0 Å². The molecule has 2 aromatic rings. The van der Waals surface area contributed by atoms with E-state index in [0.29, 0.717) is 11.3 Å². The Kier molecular flexibility index (Phi) is 4.90. The second-order valence-electron chi connectivity index (χ2n) is 4.97. The number of oxime groups is 1. The second-order valence-corrected chi connectivity index (χ2v) is 4.97. The van der Waals surface area contributed by atoms with E-state index in [0.717, 1.165) is 11.3 Å². The number of aryl methyl sites for hydroxylation is 1. The third-order valence-corrected chi connectivity index (χ3v) is 3.32. The van der Waals surface area contributed by atoms with E-state index in [9.17, 15) is 15.1 Å². The Hall–Kier alpha value is -2.96. The molecule has 0 bridgehead atoms. The van der Waals surface area contributed by atoms with Gasteiger partial charge in [0.2, 0.25) is 5.88 Å². The average Bonchev–Trinajstić information content (AvgIpc) is 2.53. The molecule has 0 amide bonds. The quantitative estimate of drug-likeness (QED) is 0.500. The van der Waals surface area contributed by atoms with E-state index >= 15 is 0 Å². The lowest BCUT2D eigenvalue weighted by Gasteiger charge is -2.10. The van der Waals surface area contributed by atoms with Crippen LogP contribution in [0.2, 0.25) is 0 Å². The van der Waals surface area contributed by atoms with E-state index in [4.69, 9.17) is 9.57 Å². The van der Waals surface area contributed by atoms with Gasteiger partial charge in [0, 0.05) is 6.07 Å². The van der Waals surface area contributed by atoms with Crippen molar-refractivity contribution < 1.29 is 19.9 Å². The number of hydrogen-bond donors (Lipinski definition) is 2. The van der Waals surface area contributed by atoms with Crippen molar-refractivity contribution in [2.75, 3.05) is 7.11 Å². The first kappa shape index (κ1) is 16.4. The van der Waals surface area contributed by atoms with Gasteiger partial charge >= 0.3 is 0 Å². The number of nitrogens with zero attached hydrogens (tertiary/aromatic N) is 2. The van der Waals surface area contributed by atoms with Crippen molar-refractivity contribution in [2.24, 2.45) is 5.16 Å². The Morgan fingerprint density at radius 1 is 1.30 bits per heavy atom. The highest BCUT2D eigenvalue weighted by Crippen LogP contribution is 2.19. The summed E-state index contributed by atoms with van der Waals surface area (Å²) in [6.45, 7) is 3.49. The summed E-state index contributed by atoms with van der Waals surface area (Å²) in [5.41, 5.74) is 1.27. The van der Waals surface area contributed by atoms with Crippen LogP contribution in [0.25, 0.3) is 0 Å². The first-order chi connectivity index (χ1) is 10.9. The van der Waals surface area contributed by atoms with Gasteiger partial charge in [-0.3, -0.25) is 4.79 Å². The molecule has 0 atom stereocenters. The fourth-order valence-corrected chi connectivity index (χ4v) is 2.12. The van der Waals surface area contributed by atoms with Crippen LogP contribution in [0.3, 0.4) is 0 Å². The summed E-state index contributed by atoms with van der Waals surface area (Å²) in [6.07, 6.45) is 0. The predicted octanol–water partition coefficient (Wildman–Crippen LogP) is 2.05. The molecule has 0 aliphatic carbocycles. The van der Waals surface area contributed by atoms with Crippen molar-refractivity contribution in [1.29, 1.82) is 0 Å². The fraction of sp³-hybridized carbons (Fsp3) is 0.250. The predicted molar refractivity (Wildman–Crippen MR) is 84.3 cm³/mol. The normalized spacial score (nSPS) is 11.3. The van der Waals surface area contributed by atoms with Crippen LogP contribution in [-0.4, -0.2) is 27.9 Å². The lowest BCUT2D eigenvalue weighted by atomic mass is 10.1. The third kappa shape index (κ3) is 3.63. The molecular formula is C16H18N2O5. The van der Waals surface area contributed by atoms with Crippen LogP contribution in [0.4, 0.5) is 0 Å². The van der Waals surface area contributed by atoms with E-state index in [2.05, 4.69) is 5.16 Å². The number of benzene rings is 1. The molecule has 2 rings (SSSR count). The SMILES string of the molecule is COc1ccc(CON=C(C)c2c(C)cc(=O)n(O)c2O)cc1. The molecule has 1 aromatic carbocycles. The van der Waals surface area contributed by atoms with Gasteiger partial charge in [-0.2, -0.15) is 0 Å². The number of rotatable bonds is 5. The molecule has 7 nitrogen and oxygen atoms in total. The van der Waals surface area contributed by atoms with Gasteiger partial charge in [0.25, 0.3) is 5.56 Å². The number of aromatic nitrogens is 1. The van der Waals surface area contributed by atoms with E-state index < -0.39 is 11.4 Å². The van der Waals surface area contributed by atoms with Crippen LogP contribution >= 0.6 is 0 Å². The van der Waals surface area contributed by atoms with E-state index in [-0.39, 0.29) is 16.9 Å². The summed E-state index contributed by atoms with van der Waals surface area (Å²) >= 11 is 0. The monoisotopic (exact) mass is 318 g/mol. The van der Waals surface area contributed by atoms with Gasteiger partial charge in [-0.1, -0.05) is 17.3 Å². The summed E-state index contributed by atoms with van der Waals surface area (Å²) in [4.78, 5) is 16.6. The summed E-state index contributed by atoms with van der Waals surface area (Å²) in [5, 5.41) is 23.2. The van der Waals surface area contributed by atoms with Crippen molar-refractivity contribution in [3.8, 4) is 11.6 Å². The first-order valence-electron chi connectivity index (χ1n) is 6.88. The maximum atomic E-state index is 11.4. The summed E-state index contributed by atoms with van der Waals surface area (Å²) in [7, 11) is 1.59. The topological polar surface area (TPSA) is 93.3 Å². The minimum Gasteiger partial charge on any atom is -0.497 e. The largest absolute Gasteiger partial charge is 0.497 e. The van der Waals surface area contributed by atoms with Crippen LogP contribution in [-0.2, 0) is 11.4 Å². The van der Waals surface area contributed by atoms with Crippen LogP contribution in [0.5, 0.6) is 11.6 Å². The Morgan fingerprint density at radius 3 is 2.57 bits per heavy atom. The molecule has 0 aliphatic heterocycles. The maximum absolute atomic E-state index is 11.4. The molecule has 0 saturated carbocycles. The molecule has 1 heterocycles. The van der Waals surface area contributed by atoms with Crippen molar-refractivity contribution >= 4 is 5.71 Å². The molecule has 2 N–H and O–H groups in total. The summed E-state index contributed by atoms with van der Waals surface area (Å²) < 4.78 is 5.24. The van der Waals surface area contributed by atoms with Crippen molar-refractivity contribution in [2.45, 2.75) is 20.5 Å². The smallest absolute Gasteiger partial charge is 0.286 e. The molecule has 0 aliphatic rings.